The Kier molecular flexibility index (Phi) is 4.80. The van der Waals surface area contributed by atoms with Gasteiger partial charge in [0.1, 0.15) is 0 Å². The molecule has 27 heavy (non-hydrogen) atoms. The Morgan fingerprint density at radius 1 is 0.593 bits per heavy atom. The van der Waals surface area contributed by atoms with Crippen molar-refractivity contribution in [3.63, 3.8) is 0 Å². The molecule has 0 bridgehead atoms. The van der Waals surface area contributed by atoms with Gasteiger partial charge in [0, 0.05) is 11.3 Å². The molecule has 0 saturated carbocycles. The van der Waals surface area contributed by atoms with Crippen molar-refractivity contribution in [2.45, 2.75) is 19.8 Å². The molecule has 3 aromatic rings. The van der Waals surface area contributed by atoms with Crippen molar-refractivity contribution in [1.82, 2.24) is 0 Å². The van der Waals surface area contributed by atoms with E-state index in [1.165, 1.54) is 22.3 Å². The summed E-state index contributed by atoms with van der Waals surface area (Å²) in [4.78, 5) is 0. The van der Waals surface area contributed by atoms with Crippen molar-refractivity contribution in [1.29, 1.82) is 0 Å². The van der Waals surface area contributed by atoms with E-state index in [0.29, 0.717) is 0 Å². The molecule has 0 aromatic heterocycles. The van der Waals surface area contributed by atoms with Gasteiger partial charge in [-0.25, -0.2) is 0 Å². The normalized spacial score (nSPS) is 17.2. The van der Waals surface area contributed by atoms with Gasteiger partial charge in [-0.2, -0.15) is 10.2 Å². The molecule has 4 rings (SSSR count). The smallest absolute Gasteiger partial charge is 0.0681 e. The summed E-state index contributed by atoms with van der Waals surface area (Å²) in [6, 6.07) is 31.7. The molecule has 2 nitrogen and oxygen atoms in total. The Bertz CT molecular complexity index is 1010. The summed E-state index contributed by atoms with van der Waals surface area (Å²) in [5.74, 6) is 0.0602. The van der Waals surface area contributed by atoms with Crippen molar-refractivity contribution < 1.29 is 0 Å². The first-order valence-corrected chi connectivity index (χ1v) is 9.25. The lowest BCUT2D eigenvalue weighted by molar-refractivity contribution is 1.11. The summed E-state index contributed by atoms with van der Waals surface area (Å²) in [5, 5.41) is 9.14. The molecule has 0 fully saturated rings. The van der Waals surface area contributed by atoms with E-state index in [4.69, 9.17) is 0 Å². The molecule has 0 radical (unpaired) electrons. The molecule has 0 aliphatic carbocycles. The maximum absolute atomic E-state index is 4.58. The Hall–Kier alpha value is -3.26. The second-order valence-electron chi connectivity index (χ2n) is 6.79. The van der Waals surface area contributed by atoms with Crippen LogP contribution in [-0.4, -0.2) is 11.4 Å². The number of hydrogen-bond acceptors (Lipinski definition) is 2. The summed E-state index contributed by atoms with van der Waals surface area (Å²) >= 11 is 0. The first-order chi connectivity index (χ1) is 13.3. The topological polar surface area (TPSA) is 24.7 Å². The Morgan fingerprint density at radius 3 is 1.70 bits per heavy atom. The largest absolute Gasteiger partial charge is 0.159 e. The number of allylic oxidation sites excluding steroid dienone is 2. The van der Waals surface area contributed by atoms with Gasteiger partial charge >= 0.3 is 0 Å². The maximum Gasteiger partial charge on any atom is 0.0681 e. The van der Waals surface area contributed by atoms with Crippen molar-refractivity contribution in [3.8, 4) is 0 Å². The third kappa shape index (κ3) is 3.39. The fraction of sp³-hybridized carbons (Fsp3) is 0.120. The summed E-state index contributed by atoms with van der Waals surface area (Å²) in [7, 11) is 0. The fourth-order valence-electron chi connectivity index (χ4n) is 3.76. The Balaban J connectivity index is 2.07. The van der Waals surface area contributed by atoms with E-state index < -0.39 is 0 Å². The molecule has 0 saturated heterocycles. The summed E-state index contributed by atoms with van der Waals surface area (Å²) < 4.78 is 0. The second-order valence-corrected chi connectivity index (χ2v) is 6.79. The minimum absolute atomic E-state index is 0.0602. The molecular weight excluding hydrogens is 328 g/mol. The number of rotatable bonds is 3. The molecule has 1 aliphatic rings. The first-order valence-electron chi connectivity index (χ1n) is 9.25. The van der Waals surface area contributed by atoms with Gasteiger partial charge in [0.15, 0.2) is 0 Å². The van der Waals surface area contributed by atoms with E-state index in [-0.39, 0.29) is 5.92 Å². The number of hydrogen-bond donors (Lipinski definition) is 0. The Labute approximate surface area is 160 Å². The van der Waals surface area contributed by atoms with Gasteiger partial charge in [-0.05, 0) is 36.1 Å². The van der Waals surface area contributed by atoms with Gasteiger partial charge in [-0.15, -0.1) is 0 Å². The lowest BCUT2D eigenvalue weighted by atomic mass is 9.79. The molecule has 0 N–H and O–H groups in total. The zero-order valence-electron chi connectivity index (χ0n) is 15.6. The molecule has 0 amide bonds. The predicted molar refractivity (Wildman–Crippen MR) is 115 cm³/mol. The molecule has 3 aromatic carbocycles. The highest BCUT2D eigenvalue weighted by Crippen LogP contribution is 2.41. The van der Waals surface area contributed by atoms with Gasteiger partial charge in [0.05, 0.1) is 11.6 Å². The molecule has 1 atom stereocenters. The molecule has 132 valence electrons. The second kappa shape index (κ2) is 7.55. The highest BCUT2D eigenvalue weighted by molar-refractivity contribution is 6.32. The van der Waals surface area contributed by atoms with Crippen LogP contribution in [0.15, 0.2) is 101 Å². The fourth-order valence-corrected chi connectivity index (χ4v) is 3.76. The van der Waals surface area contributed by atoms with Gasteiger partial charge in [0.2, 0.25) is 0 Å². The third-order valence-corrected chi connectivity index (χ3v) is 4.98. The molecular formula is C25H22N2. The van der Waals surface area contributed by atoms with E-state index in [2.05, 4.69) is 109 Å². The van der Waals surface area contributed by atoms with Gasteiger partial charge in [0.25, 0.3) is 0 Å². The lowest BCUT2D eigenvalue weighted by Crippen LogP contribution is -2.13. The van der Waals surface area contributed by atoms with Crippen molar-refractivity contribution in [3.05, 3.63) is 108 Å². The van der Waals surface area contributed by atoms with Crippen LogP contribution in [0.5, 0.6) is 0 Å². The van der Waals surface area contributed by atoms with Crippen molar-refractivity contribution in [2.24, 2.45) is 10.2 Å². The van der Waals surface area contributed by atoms with E-state index >= 15 is 0 Å². The number of benzene rings is 3. The van der Waals surface area contributed by atoms with Crippen LogP contribution in [0.2, 0.25) is 0 Å². The molecule has 2 heteroatoms. The van der Waals surface area contributed by atoms with Crippen LogP contribution < -0.4 is 0 Å². The molecule has 0 spiro atoms. The highest BCUT2D eigenvalue weighted by atomic mass is 15.2. The molecule has 1 heterocycles. The monoisotopic (exact) mass is 350 g/mol. The minimum atomic E-state index is 0.0602. The van der Waals surface area contributed by atoms with E-state index in [9.17, 15) is 0 Å². The van der Waals surface area contributed by atoms with Crippen LogP contribution >= 0.6 is 0 Å². The van der Waals surface area contributed by atoms with E-state index in [0.717, 1.165) is 17.0 Å². The average Bonchev–Trinajstić information content (AvgIpc) is 2.86. The SMILES string of the molecule is CC1=NN=C(C)C(c2ccccc2)C(c2ccccc2)=C1c1ccccc1. The quantitative estimate of drug-likeness (QED) is 0.535. The summed E-state index contributed by atoms with van der Waals surface area (Å²) in [6.45, 7) is 4.13. The minimum Gasteiger partial charge on any atom is -0.159 e. The molecule has 1 unspecified atom stereocenters. The van der Waals surface area contributed by atoms with Crippen LogP contribution in [0, 0.1) is 0 Å². The Morgan fingerprint density at radius 2 is 1.11 bits per heavy atom. The van der Waals surface area contributed by atoms with Crippen LogP contribution in [0.4, 0.5) is 0 Å². The predicted octanol–water partition coefficient (Wildman–Crippen LogP) is 6.23. The van der Waals surface area contributed by atoms with Crippen molar-refractivity contribution >= 4 is 22.6 Å². The van der Waals surface area contributed by atoms with E-state index in [1.807, 2.05) is 6.07 Å². The zero-order valence-corrected chi connectivity index (χ0v) is 15.6. The zero-order chi connectivity index (χ0) is 18.6. The van der Waals surface area contributed by atoms with Crippen molar-refractivity contribution in [2.75, 3.05) is 0 Å². The summed E-state index contributed by atoms with van der Waals surface area (Å²) in [5.41, 5.74) is 7.97. The van der Waals surface area contributed by atoms with Crippen LogP contribution in [-0.2, 0) is 0 Å². The lowest BCUT2D eigenvalue weighted by Gasteiger charge is -2.23. The summed E-state index contributed by atoms with van der Waals surface area (Å²) in [6.07, 6.45) is 0. The van der Waals surface area contributed by atoms with Crippen LogP contribution in [0.3, 0.4) is 0 Å². The van der Waals surface area contributed by atoms with Gasteiger partial charge in [-0.1, -0.05) is 91.0 Å². The third-order valence-electron chi connectivity index (χ3n) is 4.98. The van der Waals surface area contributed by atoms with E-state index in [1.54, 1.807) is 0 Å². The molecule has 1 aliphatic heterocycles. The van der Waals surface area contributed by atoms with Crippen LogP contribution in [0.1, 0.15) is 36.5 Å². The van der Waals surface area contributed by atoms with Gasteiger partial charge < -0.3 is 0 Å². The maximum atomic E-state index is 4.58. The average molecular weight is 350 g/mol. The van der Waals surface area contributed by atoms with Crippen LogP contribution in [0.25, 0.3) is 11.1 Å². The highest BCUT2D eigenvalue weighted by Gasteiger charge is 2.28. The van der Waals surface area contributed by atoms with Gasteiger partial charge in [-0.3, -0.25) is 0 Å². The standard InChI is InChI=1S/C25H22N2/c1-18-23(20-12-6-3-7-13-20)25(22-16-10-5-11-17-22)24(19(2)27-26-18)21-14-8-4-9-15-21/h3-17,23H,1-2H3. The number of nitrogens with zero attached hydrogens (tertiary/aromatic N) is 2. The first kappa shape index (κ1) is 17.2.